The molecule has 1 saturated heterocycles. The molecule has 19 heavy (non-hydrogen) atoms. The highest BCUT2D eigenvalue weighted by molar-refractivity contribution is 6.19. The van der Waals surface area contributed by atoms with E-state index in [9.17, 15) is 22.8 Å². The van der Waals surface area contributed by atoms with Crippen LogP contribution >= 0.6 is 0 Å². The molecule has 1 heterocycles. The summed E-state index contributed by atoms with van der Waals surface area (Å²) in [5.41, 5.74) is -2.11. The molecule has 7 heteroatoms. The minimum Gasteiger partial charge on any atom is -0.433 e. The summed E-state index contributed by atoms with van der Waals surface area (Å²) in [4.78, 5) is 24.1. The summed E-state index contributed by atoms with van der Waals surface area (Å²) in [6.45, 7) is 2.83. The number of cyclic esters (lactones) is 1. The lowest BCUT2D eigenvalue weighted by Gasteiger charge is -2.14. The van der Waals surface area contributed by atoms with E-state index in [1.807, 2.05) is 0 Å². The van der Waals surface area contributed by atoms with E-state index in [0.29, 0.717) is 0 Å². The van der Waals surface area contributed by atoms with Crippen LogP contribution in [0.15, 0.2) is 24.3 Å². The highest BCUT2D eigenvalue weighted by Crippen LogP contribution is 2.33. The van der Waals surface area contributed by atoms with E-state index in [0.717, 1.165) is 29.2 Å². The molecule has 2 amide bonds. The van der Waals surface area contributed by atoms with E-state index in [-0.39, 0.29) is 5.69 Å². The first-order valence-corrected chi connectivity index (χ1v) is 5.38. The van der Waals surface area contributed by atoms with Gasteiger partial charge in [-0.15, -0.1) is 0 Å². The second-order valence-corrected chi connectivity index (χ2v) is 4.56. The van der Waals surface area contributed by atoms with E-state index < -0.39 is 29.3 Å². The Kier molecular flexibility index (Phi) is 2.80. The van der Waals surface area contributed by atoms with Crippen LogP contribution in [0, 0.1) is 0 Å². The first-order valence-electron chi connectivity index (χ1n) is 5.38. The molecule has 0 saturated carbocycles. The average Bonchev–Trinajstić information content (AvgIpc) is 2.47. The number of alkyl halides is 3. The second-order valence-electron chi connectivity index (χ2n) is 4.56. The molecular formula is C12H10F3NO3. The largest absolute Gasteiger partial charge is 0.433 e. The van der Waals surface area contributed by atoms with Crippen molar-refractivity contribution in [3.63, 3.8) is 0 Å². The number of hydrogen-bond acceptors (Lipinski definition) is 3. The van der Waals surface area contributed by atoms with Gasteiger partial charge in [0, 0.05) is 0 Å². The van der Waals surface area contributed by atoms with Crippen LogP contribution in [0.25, 0.3) is 0 Å². The molecule has 0 aromatic heterocycles. The van der Waals surface area contributed by atoms with Crippen LogP contribution < -0.4 is 4.90 Å². The van der Waals surface area contributed by atoms with E-state index in [1.165, 1.54) is 13.8 Å². The molecule has 0 spiro atoms. The molecule has 102 valence electrons. The third-order valence-electron chi connectivity index (χ3n) is 2.70. The SMILES string of the molecule is CC1(C)OC(=O)N(c2ccc(C(F)(F)F)cc2)C1=O. The zero-order chi connectivity index (χ0) is 14.4. The van der Waals surface area contributed by atoms with Crippen molar-refractivity contribution in [2.45, 2.75) is 25.6 Å². The number of carbonyl (C=O) groups is 2. The fraction of sp³-hybridized carbons (Fsp3) is 0.333. The van der Waals surface area contributed by atoms with Crippen LogP contribution in [0.2, 0.25) is 0 Å². The van der Waals surface area contributed by atoms with E-state index >= 15 is 0 Å². The monoisotopic (exact) mass is 273 g/mol. The summed E-state index contributed by atoms with van der Waals surface area (Å²) in [6, 6.07) is 3.73. The number of halogens is 3. The number of rotatable bonds is 1. The summed E-state index contributed by atoms with van der Waals surface area (Å²) in [6.07, 6.45) is -5.36. The first kappa shape index (κ1) is 13.4. The maximum absolute atomic E-state index is 12.4. The Morgan fingerprint density at radius 3 is 2.00 bits per heavy atom. The van der Waals surface area contributed by atoms with Crippen LogP contribution in [0.5, 0.6) is 0 Å². The van der Waals surface area contributed by atoms with Crippen LogP contribution in [-0.2, 0) is 15.7 Å². The zero-order valence-electron chi connectivity index (χ0n) is 10.1. The quantitative estimate of drug-likeness (QED) is 0.790. The number of anilines is 1. The van der Waals surface area contributed by atoms with Crippen LogP contribution in [0.3, 0.4) is 0 Å². The topological polar surface area (TPSA) is 46.6 Å². The normalized spacial score (nSPS) is 18.7. The van der Waals surface area contributed by atoms with Crippen molar-refractivity contribution in [1.29, 1.82) is 0 Å². The molecule has 2 rings (SSSR count). The molecule has 0 unspecified atom stereocenters. The third-order valence-corrected chi connectivity index (χ3v) is 2.70. The number of benzene rings is 1. The van der Waals surface area contributed by atoms with Crippen molar-refractivity contribution in [2.75, 3.05) is 4.90 Å². The fourth-order valence-electron chi connectivity index (χ4n) is 1.68. The summed E-state index contributed by atoms with van der Waals surface area (Å²) < 4.78 is 42.0. The molecule has 0 aliphatic carbocycles. The highest BCUT2D eigenvalue weighted by Gasteiger charge is 2.48. The Hall–Kier alpha value is -2.05. The van der Waals surface area contributed by atoms with Gasteiger partial charge in [-0.05, 0) is 38.1 Å². The standard InChI is InChI=1S/C12H10F3NO3/c1-11(2)9(17)16(10(18)19-11)8-5-3-7(4-6-8)12(13,14)15/h3-6H,1-2H3. The lowest BCUT2D eigenvalue weighted by Crippen LogP contribution is -2.36. The van der Waals surface area contributed by atoms with Gasteiger partial charge in [-0.3, -0.25) is 4.79 Å². The van der Waals surface area contributed by atoms with Gasteiger partial charge in [-0.2, -0.15) is 13.2 Å². The Morgan fingerprint density at radius 2 is 1.63 bits per heavy atom. The molecule has 0 N–H and O–H groups in total. The van der Waals surface area contributed by atoms with Crippen molar-refractivity contribution in [3.8, 4) is 0 Å². The van der Waals surface area contributed by atoms with Gasteiger partial charge in [-0.25, -0.2) is 9.69 Å². The van der Waals surface area contributed by atoms with Crippen molar-refractivity contribution in [3.05, 3.63) is 29.8 Å². The molecule has 0 bridgehead atoms. The molecule has 1 aromatic rings. The Balaban J connectivity index is 2.34. The van der Waals surface area contributed by atoms with Crippen molar-refractivity contribution in [2.24, 2.45) is 0 Å². The number of imide groups is 1. The molecule has 0 radical (unpaired) electrons. The molecule has 1 aromatic carbocycles. The fourth-order valence-corrected chi connectivity index (χ4v) is 1.68. The summed E-state index contributed by atoms with van der Waals surface area (Å²) in [5, 5.41) is 0. The highest BCUT2D eigenvalue weighted by atomic mass is 19.4. The number of ether oxygens (including phenoxy) is 1. The van der Waals surface area contributed by atoms with Crippen LogP contribution in [0.4, 0.5) is 23.7 Å². The molecule has 4 nitrogen and oxygen atoms in total. The lowest BCUT2D eigenvalue weighted by molar-refractivity contribution is -0.137. The van der Waals surface area contributed by atoms with Gasteiger partial charge in [0.1, 0.15) is 0 Å². The van der Waals surface area contributed by atoms with Crippen molar-refractivity contribution in [1.82, 2.24) is 0 Å². The maximum Gasteiger partial charge on any atom is 0.422 e. The number of nitrogens with zero attached hydrogens (tertiary/aromatic N) is 1. The number of hydrogen-bond donors (Lipinski definition) is 0. The summed E-state index contributed by atoms with van der Waals surface area (Å²) in [5.74, 6) is -0.614. The van der Waals surface area contributed by atoms with Gasteiger partial charge < -0.3 is 4.74 Å². The molecular weight excluding hydrogens is 263 g/mol. The average molecular weight is 273 g/mol. The van der Waals surface area contributed by atoms with Crippen LogP contribution in [-0.4, -0.2) is 17.6 Å². The molecule has 1 fully saturated rings. The van der Waals surface area contributed by atoms with E-state index in [2.05, 4.69) is 0 Å². The Labute approximate surface area is 106 Å². The predicted octanol–water partition coefficient (Wildman–Crippen LogP) is 2.97. The maximum atomic E-state index is 12.4. The third kappa shape index (κ3) is 2.27. The van der Waals surface area contributed by atoms with Gasteiger partial charge >= 0.3 is 12.3 Å². The van der Waals surface area contributed by atoms with E-state index in [4.69, 9.17) is 4.74 Å². The van der Waals surface area contributed by atoms with Crippen molar-refractivity contribution < 1.29 is 27.5 Å². The predicted molar refractivity (Wildman–Crippen MR) is 59.5 cm³/mol. The molecule has 1 aliphatic rings. The van der Waals surface area contributed by atoms with Gasteiger partial charge in [-0.1, -0.05) is 0 Å². The molecule has 0 atom stereocenters. The second kappa shape index (κ2) is 3.97. The van der Waals surface area contributed by atoms with Gasteiger partial charge in [0.15, 0.2) is 5.60 Å². The Bertz CT molecular complexity index is 534. The molecule has 1 aliphatic heterocycles. The minimum atomic E-state index is -4.46. The van der Waals surface area contributed by atoms with Crippen molar-refractivity contribution >= 4 is 17.7 Å². The number of amides is 2. The van der Waals surface area contributed by atoms with Gasteiger partial charge in [0.2, 0.25) is 0 Å². The van der Waals surface area contributed by atoms with Gasteiger partial charge in [0.25, 0.3) is 5.91 Å². The Morgan fingerprint density at radius 1 is 1.11 bits per heavy atom. The zero-order valence-corrected chi connectivity index (χ0v) is 10.1. The first-order chi connectivity index (χ1) is 8.63. The summed E-state index contributed by atoms with van der Waals surface area (Å²) >= 11 is 0. The minimum absolute atomic E-state index is 0.0496. The smallest absolute Gasteiger partial charge is 0.422 e. The summed E-state index contributed by atoms with van der Waals surface area (Å²) in [7, 11) is 0. The van der Waals surface area contributed by atoms with E-state index in [1.54, 1.807) is 0 Å². The number of carbonyl (C=O) groups excluding carboxylic acids is 2. The lowest BCUT2D eigenvalue weighted by atomic mass is 10.1. The van der Waals surface area contributed by atoms with Gasteiger partial charge in [0.05, 0.1) is 11.3 Å². The van der Waals surface area contributed by atoms with Crippen LogP contribution in [0.1, 0.15) is 19.4 Å².